The Morgan fingerprint density at radius 3 is 2.11 bits per heavy atom. The van der Waals surface area contributed by atoms with Gasteiger partial charge in [-0.15, -0.1) is 0 Å². The quantitative estimate of drug-likeness (QED) is 0.336. The molecule has 0 aliphatic heterocycles. The first-order valence-electron chi connectivity index (χ1n) is 9.49. The number of carbonyl (C=O) groups is 1. The van der Waals surface area contributed by atoms with Gasteiger partial charge in [-0.05, 0) is 69.6 Å². The zero-order valence-electron chi connectivity index (χ0n) is 17.2. The molecule has 0 saturated heterocycles. The summed E-state index contributed by atoms with van der Waals surface area (Å²) in [6.07, 6.45) is 10.7. The van der Waals surface area contributed by atoms with E-state index in [1.807, 2.05) is 39.0 Å². The van der Waals surface area contributed by atoms with Crippen LogP contribution in [0.4, 0.5) is 0 Å². The van der Waals surface area contributed by atoms with Crippen molar-refractivity contribution in [1.82, 2.24) is 0 Å². The van der Waals surface area contributed by atoms with Gasteiger partial charge in [-0.25, -0.2) is 0 Å². The zero-order chi connectivity index (χ0) is 20.7. The minimum atomic E-state index is -0.475. The summed E-state index contributed by atoms with van der Waals surface area (Å²) in [5.74, 6) is -0.319. The first kappa shape index (κ1) is 25.3. The van der Waals surface area contributed by atoms with Gasteiger partial charge < -0.3 is 20.1 Å². The fraction of sp³-hybridized carbons (Fsp3) is 0.591. The van der Waals surface area contributed by atoms with Crippen LogP contribution in [0.3, 0.4) is 0 Å². The van der Waals surface area contributed by atoms with Gasteiger partial charge in [-0.3, -0.25) is 4.79 Å². The van der Waals surface area contributed by atoms with Crippen LogP contribution in [0.2, 0.25) is 0 Å². The Bertz CT molecular complexity index is 551. The van der Waals surface area contributed by atoms with Crippen molar-refractivity contribution in [1.29, 1.82) is 0 Å². The Morgan fingerprint density at radius 1 is 0.926 bits per heavy atom. The molecule has 5 heteroatoms. The van der Waals surface area contributed by atoms with Crippen molar-refractivity contribution in [3.8, 4) is 0 Å². The Morgan fingerprint density at radius 2 is 1.56 bits per heavy atom. The van der Waals surface area contributed by atoms with Gasteiger partial charge in [-0.2, -0.15) is 0 Å². The standard InChI is InChI=1S/C22H36O5/c1-17(2)11-12-22(26)18(3)7-5-9-21(16-27-19(4)25)10-6-8-20(15-24)13-14-23/h7,10-11,13,22-24,26H,5-6,8-9,12,14-16H2,1-4H3. The lowest BCUT2D eigenvalue weighted by atomic mass is 10.0. The predicted octanol–water partition coefficient (Wildman–Crippen LogP) is 3.61. The van der Waals surface area contributed by atoms with Gasteiger partial charge in [0, 0.05) is 6.92 Å². The van der Waals surface area contributed by atoms with Crippen LogP contribution in [-0.2, 0) is 9.53 Å². The maximum atomic E-state index is 11.1. The summed E-state index contributed by atoms with van der Waals surface area (Å²) in [5.41, 5.74) is 3.92. The van der Waals surface area contributed by atoms with Crippen LogP contribution in [0.5, 0.6) is 0 Å². The molecule has 0 aromatic rings. The number of esters is 1. The van der Waals surface area contributed by atoms with Crippen LogP contribution in [0.25, 0.3) is 0 Å². The van der Waals surface area contributed by atoms with Crippen LogP contribution in [-0.4, -0.2) is 47.2 Å². The first-order valence-corrected chi connectivity index (χ1v) is 9.49. The van der Waals surface area contributed by atoms with Gasteiger partial charge in [0.2, 0.25) is 0 Å². The molecular formula is C22H36O5. The van der Waals surface area contributed by atoms with Crippen molar-refractivity contribution in [3.63, 3.8) is 0 Å². The molecule has 0 heterocycles. The Kier molecular flexibility index (Phi) is 14.4. The second kappa shape index (κ2) is 15.4. The maximum absolute atomic E-state index is 11.1. The van der Waals surface area contributed by atoms with Crippen LogP contribution < -0.4 is 0 Å². The van der Waals surface area contributed by atoms with Crippen molar-refractivity contribution in [2.75, 3.05) is 19.8 Å². The minimum Gasteiger partial charge on any atom is -0.461 e. The summed E-state index contributed by atoms with van der Waals surface area (Å²) in [7, 11) is 0. The molecule has 0 aliphatic rings. The first-order chi connectivity index (χ1) is 12.8. The van der Waals surface area contributed by atoms with Crippen molar-refractivity contribution < 1.29 is 24.9 Å². The molecule has 0 radical (unpaired) electrons. The average molecular weight is 381 g/mol. The summed E-state index contributed by atoms with van der Waals surface area (Å²) in [6.45, 7) is 7.42. The third-order valence-corrected chi connectivity index (χ3v) is 4.15. The van der Waals surface area contributed by atoms with E-state index in [1.165, 1.54) is 12.5 Å². The van der Waals surface area contributed by atoms with E-state index < -0.39 is 6.10 Å². The highest BCUT2D eigenvalue weighted by Crippen LogP contribution is 2.15. The molecule has 0 aromatic carbocycles. The maximum Gasteiger partial charge on any atom is 0.302 e. The van der Waals surface area contributed by atoms with Crippen LogP contribution in [0.1, 0.15) is 59.8 Å². The molecule has 3 N–H and O–H groups in total. The highest BCUT2D eigenvalue weighted by Gasteiger charge is 2.05. The van der Waals surface area contributed by atoms with Gasteiger partial charge in [-0.1, -0.05) is 29.9 Å². The number of hydrogen-bond donors (Lipinski definition) is 3. The van der Waals surface area contributed by atoms with Gasteiger partial charge in [0.25, 0.3) is 0 Å². The second-order valence-electron chi connectivity index (χ2n) is 6.90. The lowest BCUT2D eigenvalue weighted by Crippen LogP contribution is -2.07. The van der Waals surface area contributed by atoms with Crippen LogP contribution in [0, 0.1) is 0 Å². The molecule has 0 saturated carbocycles. The number of aliphatic hydroxyl groups is 3. The predicted molar refractivity (Wildman–Crippen MR) is 109 cm³/mol. The van der Waals surface area contributed by atoms with Crippen LogP contribution in [0.15, 0.2) is 46.6 Å². The molecule has 1 unspecified atom stereocenters. The summed E-state index contributed by atoms with van der Waals surface area (Å²) in [6, 6.07) is 0. The lowest BCUT2D eigenvalue weighted by Gasteiger charge is -2.11. The molecule has 0 aliphatic carbocycles. The summed E-state index contributed by atoms with van der Waals surface area (Å²) < 4.78 is 5.12. The van der Waals surface area contributed by atoms with Gasteiger partial charge >= 0.3 is 5.97 Å². The molecule has 154 valence electrons. The van der Waals surface area contributed by atoms with E-state index in [-0.39, 0.29) is 25.8 Å². The summed E-state index contributed by atoms with van der Waals surface area (Å²) in [5, 5.41) is 28.3. The van der Waals surface area contributed by atoms with Crippen molar-refractivity contribution >= 4 is 5.97 Å². The smallest absolute Gasteiger partial charge is 0.302 e. The SMILES string of the molecule is CC(=O)OCC(=CCCC(=CCO)CO)CCC=C(C)C(O)CC=C(C)C. The van der Waals surface area contributed by atoms with Crippen molar-refractivity contribution in [2.45, 2.75) is 65.9 Å². The second-order valence-corrected chi connectivity index (χ2v) is 6.90. The van der Waals surface area contributed by atoms with Gasteiger partial charge in [0.1, 0.15) is 6.61 Å². The van der Waals surface area contributed by atoms with E-state index >= 15 is 0 Å². The van der Waals surface area contributed by atoms with E-state index in [1.54, 1.807) is 6.08 Å². The molecule has 5 nitrogen and oxygen atoms in total. The fourth-order valence-electron chi connectivity index (χ4n) is 2.42. The zero-order valence-corrected chi connectivity index (χ0v) is 17.2. The number of ether oxygens (including phenoxy) is 1. The van der Waals surface area contributed by atoms with Crippen molar-refractivity contribution in [3.05, 3.63) is 46.6 Å². The molecule has 0 rings (SSSR count). The van der Waals surface area contributed by atoms with E-state index in [0.717, 1.165) is 29.6 Å². The monoisotopic (exact) mass is 380 g/mol. The number of hydrogen-bond acceptors (Lipinski definition) is 5. The summed E-state index contributed by atoms with van der Waals surface area (Å²) in [4.78, 5) is 11.1. The number of rotatable bonds is 13. The molecular weight excluding hydrogens is 344 g/mol. The van der Waals surface area contributed by atoms with E-state index in [9.17, 15) is 15.0 Å². The molecule has 0 bridgehead atoms. The molecule has 0 fully saturated rings. The third-order valence-electron chi connectivity index (χ3n) is 4.15. The fourth-order valence-corrected chi connectivity index (χ4v) is 2.42. The molecule has 27 heavy (non-hydrogen) atoms. The Labute approximate surface area is 163 Å². The number of aliphatic hydroxyl groups excluding tert-OH is 3. The highest BCUT2D eigenvalue weighted by molar-refractivity contribution is 5.66. The Hall–Kier alpha value is -1.69. The van der Waals surface area contributed by atoms with Crippen LogP contribution >= 0.6 is 0 Å². The summed E-state index contributed by atoms with van der Waals surface area (Å²) >= 11 is 0. The molecule has 0 aromatic heterocycles. The number of carbonyl (C=O) groups excluding carboxylic acids is 1. The largest absolute Gasteiger partial charge is 0.461 e. The van der Waals surface area contributed by atoms with E-state index in [4.69, 9.17) is 9.84 Å². The lowest BCUT2D eigenvalue weighted by molar-refractivity contribution is -0.140. The van der Waals surface area contributed by atoms with Gasteiger partial charge in [0.05, 0.1) is 19.3 Å². The third kappa shape index (κ3) is 14.1. The molecule has 1 atom stereocenters. The molecule has 0 amide bonds. The van der Waals surface area contributed by atoms with E-state index in [2.05, 4.69) is 0 Å². The molecule has 0 spiro atoms. The average Bonchev–Trinajstić information content (AvgIpc) is 2.62. The van der Waals surface area contributed by atoms with Crippen molar-refractivity contribution in [2.24, 2.45) is 0 Å². The van der Waals surface area contributed by atoms with Gasteiger partial charge in [0.15, 0.2) is 0 Å². The Balaban J connectivity index is 4.73. The van der Waals surface area contributed by atoms with E-state index in [0.29, 0.717) is 19.3 Å². The topological polar surface area (TPSA) is 87.0 Å². The minimum absolute atomic E-state index is 0.0703. The number of allylic oxidation sites excluding steroid dienone is 3. The normalized spacial score (nSPS) is 14.1. The highest BCUT2D eigenvalue weighted by atomic mass is 16.5.